The van der Waals surface area contributed by atoms with Crippen LogP contribution in [0.15, 0.2) is 34.9 Å². The molecule has 0 aromatic rings. The molecule has 0 saturated heterocycles. The van der Waals surface area contributed by atoms with Gasteiger partial charge >= 0.3 is 11.9 Å². The Kier molecular flexibility index (Phi) is 7.14. The summed E-state index contributed by atoms with van der Waals surface area (Å²) in [6.45, 7) is 17.1. The molecule has 8 atom stereocenters. The minimum Gasteiger partial charge on any atom is -0.478 e. The van der Waals surface area contributed by atoms with Gasteiger partial charge < -0.3 is 14.9 Å². The topological polar surface area (TPSA) is 83.8 Å². The van der Waals surface area contributed by atoms with E-state index in [1.54, 1.807) is 6.92 Å². The average Bonchev–Trinajstić information content (AvgIpc) is 3.03. The van der Waals surface area contributed by atoms with Gasteiger partial charge in [-0.3, -0.25) is 4.79 Å². The van der Waals surface area contributed by atoms with Crippen LogP contribution < -0.4 is 0 Å². The first-order valence-corrected chi connectivity index (χ1v) is 14.3. The van der Waals surface area contributed by atoms with Crippen molar-refractivity contribution in [3.63, 3.8) is 0 Å². The molecule has 0 heterocycles. The summed E-state index contributed by atoms with van der Waals surface area (Å²) in [6, 6.07) is 0. The number of carbonyl (C=O) groups excluding carboxylic acids is 1. The fourth-order valence-corrected chi connectivity index (χ4v) is 9.13. The molecule has 0 aromatic heterocycles. The van der Waals surface area contributed by atoms with Crippen LogP contribution in [-0.4, -0.2) is 34.4 Å². The van der Waals surface area contributed by atoms with Crippen LogP contribution in [0.2, 0.25) is 0 Å². The number of carbonyl (C=O) groups is 2. The summed E-state index contributed by atoms with van der Waals surface area (Å²) in [7, 11) is 0. The van der Waals surface area contributed by atoms with Crippen LogP contribution in [0, 0.1) is 39.4 Å². The molecule has 0 spiro atoms. The van der Waals surface area contributed by atoms with E-state index in [1.807, 2.05) is 6.08 Å². The summed E-state index contributed by atoms with van der Waals surface area (Å²) in [4.78, 5) is 23.6. The molecule has 0 radical (unpaired) electrons. The van der Waals surface area contributed by atoms with Crippen LogP contribution in [0.4, 0.5) is 0 Å². The van der Waals surface area contributed by atoms with E-state index in [4.69, 9.17) is 4.74 Å². The number of esters is 1. The predicted molar refractivity (Wildman–Crippen MR) is 146 cm³/mol. The van der Waals surface area contributed by atoms with Crippen molar-refractivity contribution in [1.29, 1.82) is 0 Å². The summed E-state index contributed by atoms with van der Waals surface area (Å²) in [6.07, 6.45) is 12.4. The van der Waals surface area contributed by atoms with Gasteiger partial charge in [0.1, 0.15) is 6.10 Å². The van der Waals surface area contributed by atoms with Gasteiger partial charge in [0, 0.05) is 17.9 Å². The standard InChI is InChI=1S/C32H48O5/c1-19(10-9-11-20(2)28(35)36)24-18-27(37-21(3)33)32(8)23-12-13-25-29(4,5)26(34)15-16-30(25,6)22(23)14-17-31(24,32)7/h11-12,14,19,24-27,34H,9-10,13,15-18H2,1-8H3,(H,35,36)/t19-,24-,25+,26-,27+,30-,31-,32-/m1/s1. The van der Waals surface area contributed by atoms with Crippen LogP contribution >= 0.6 is 0 Å². The molecule has 0 aliphatic heterocycles. The molecular formula is C32H48O5. The van der Waals surface area contributed by atoms with E-state index in [-0.39, 0.29) is 39.8 Å². The van der Waals surface area contributed by atoms with Crippen LogP contribution in [0.25, 0.3) is 0 Å². The zero-order valence-electron chi connectivity index (χ0n) is 24.2. The van der Waals surface area contributed by atoms with Gasteiger partial charge in [0.2, 0.25) is 0 Å². The summed E-state index contributed by atoms with van der Waals surface area (Å²) >= 11 is 0. The molecule has 0 amide bonds. The minimum absolute atomic E-state index is 0.000777. The number of hydrogen-bond donors (Lipinski definition) is 2. The van der Waals surface area contributed by atoms with Gasteiger partial charge in [-0.15, -0.1) is 0 Å². The molecule has 0 aromatic carbocycles. The molecule has 4 rings (SSSR count). The van der Waals surface area contributed by atoms with Crippen molar-refractivity contribution in [2.75, 3.05) is 0 Å². The van der Waals surface area contributed by atoms with Gasteiger partial charge in [-0.25, -0.2) is 4.79 Å². The lowest BCUT2D eigenvalue weighted by molar-refractivity contribution is -0.152. The SMILES string of the molecule is CC(=O)O[C@H]1C[C@H]([C@H](C)CCC=C(C)C(=O)O)[C@@]2(C)CC=C3C(=CC[C@H]4C(C)(C)[C@H](O)CC[C@]34C)[C@]12C. The second-order valence-electron chi connectivity index (χ2n) is 13.8. The minimum atomic E-state index is -0.859. The van der Waals surface area contributed by atoms with E-state index in [2.05, 4.69) is 53.7 Å². The highest BCUT2D eigenvalue weighted by molar-refractivity contribution is 5.85. The summed E-state index contributed by atoms with van der Waals surface area (Å²) < 4.78 is 6.14. The Morgan fingerprint density at radius 3 is 2.43 bits per heavy atom. The Balaban J connectivity index is 1.73. The number of aliphatic hydroxyl groups is 1. The van der Waals surface area contributed by atoms with Gasteiger partial charge in [0.15, 0.2) is 0 Å². The van der Waals surface area contributed by atoms with E-state index in [0.29, 0.717) is 23.3 Å². The third-order valence-electron chi connectivity index (χ3n) is 11.7. The molecule has 4 aliphatic rings. The maximum atomic E-state index is 12.3. The predicted octanol–water partition coefficient (Wildman–Crippen LogP) is 6.86. The number of fused-ring (bicyclic) bond motifs is 5. The second-order valence-corrected chi connectivity index (χ2v) is 13.8. The van der Waals surface area contributed by atoms with Crippen molar-refractivity contribution >= 4 is 11.9 Å². The van der Waals surface area contributed by atoms with E-state index in [1.165, 1.54) is 18.1 Å². The molecule has 2 N–H and O–H groups in total. The van der Waals surface area contributed by atoms with Gasteiger partial charge in [-0.2, -0.15) is 0 Å². The Morgan fingerprint density at radius 2 is 1.81 bits per heavy atom. The quantitative estimate of drug-likeness (QED) is 0.300. The highest BCUT2D eigenvalue weighted by atomic mass is 16.5. The average molecular weight is 513 g/mol. The number of aliphatic carboxylic acids is 1. The first-order chi connectivity index (χ1) is 17.1. The number of carboxylic acid groups (broad SMARTS) is 1. The van der Waals surface area contributed by atoms with E-state index in [9.17, 15) is 19.8 Å². The molecule has 4 aliphatic carbocycles. The molecule has 37 heavy (non-hydrogen) atoms. The summed E-state index contributed by atoms with van der Waals surface area (Å²) in [5.74, 6) is 0.0188. The van der Waals surface area contributed by atoms with E-state index >= 15 is 0 Å². The molecule has 5 nitrogen and oxygen atoms in total. The van der Waals surface area contributed by atoms with Crippen molar-refractivity contribution in [3.05, 3.63) is 34.9 Å². The zero-order valence-corrected chi connectivity index (χ0v) is 24.2. The first-order valence-electron chi connectivity index (χ1n) is 14.3. The monoisotopic (exact) mass is 512 g/mol. The number of allylic oxidation sites excluding steroid dienone is 4. The van der Waals surface area contributed by atoms with Crippen molar-refractivity contribution < 1.29 is 24.5 Å². The fraction of sp³-hybridized carbons (Fsp3) is 0.750. The van der Waals surface area contributed by atoms with Crippen molar-refractivity contribution in [3.8, 4) is 0 Å². The second kappa shape index (κ2) is 9.39. The molecule has 5 heteroatoms. The van der Waals surface area contributed by atoms with Gasteiger partial charge in [-0.1, -0.05) is 59.8 Å². The number of carboxylic acids is 1. The van der Waals surface area contributed by atoms with Crippen LogP contribution in [0.1, 0.15) is 100 Å². The third-order valence-corrected chi connectivity index (χ3v) is 11.7. The van der Waals surface area contributed by atoms with Crippen LogP contribution in [-0.2, 0) is 14.3 Å². The molecule has 0 bridgehead atoms. The molecule has 2 fully saturated rings. The molecule has 2 saturated carbocycles. The number of ether oxygens (including phenoxy) is 1. The first kappa shape index (κ1) is 28.1. The normalized spacial score (nSPS) is 41.5. The maximum absolute atomic E-state index is 12.3. The Labute approximate surface area is 223 Å². The lowest BCUT2D eigenvalue weighted by Gasteiger charge is -2.61. The largest absolute Gasteiger partial charge is 0.478 e. The van der Waals surface area contributed by atoms with Gasteiger partial charge in [-0.05, 0) is 97.0 Å². The number of aliphatic hydroxyl groups excluding tert-OH is 1. The Morgan fingerprint density at radius 1 is 1.14 bits per heavy atom. The Bertz CT molecular complexity index is 1050. The fourth-order valence-electron chi connectivity index (χ4n) is 9.13. The van der Waals surface area contributed by atoms with E-state index < -0.39 is 5.97 Å². The summed E-state index contributed by atoms with van der Waals surface area (Å²) in [5.41, 5.74) is 2.68. The smallest absolute Gasteiger partial charge is 0.330 e. The summed E-state index contributed by atoms with van der Waals surface area (Å²) in [5, 5.41) is 20.1. The van der Waals surface area contributed by atoms with Crippen molar-refractivity contribution in [2.24, 2.45) is 39.4 Å². The molecular weight excluding hydrogens is 464 g/mol. The van der Waals surface area contributed by atoms with Crippen LogP contribution in [0.5, 0.6) is 0 Å². The van der Waals surface area contributed by atoms with Gasteiger partial charge in [0.05, 0.1) is 6.10 Å². The highest BCUT2D eigenvalue weighted by Crippen LogP contribution is 2.72. The third kappa shape index (κ3) is 4.15. The zero-order chi connectivity index (χ0) is 27.6. The van der Waals surface area contributed by atoms with Crippen molar-refractivity contribution in [2.45, 2.75) is 113 Å². The Hall–Kier alpha value is -1.88. The van der Waals surface area contributed by atoms with Crippen LogP contribution in [0.3, 0.4) is 0 Å². The maximum Gasteiger partial charge on any atom is 0.330 e. The van der Waals surface area contributed by atoms with Gasteiger partial charge in [0.25, 0.3) is 0 Å². The lowest BCUT2D eigenvalue weighted by Crippen LogP contribution is -2.56. The van der Waals surface area contributed by atoms with E-state index in [0.717, 1.165) is 44.9 Å². The molecule has 0 unspecified atom stereocenters. The lowest BCUT2D eigenvalue weighted by atomic mass is 9.44. The van der Waals surface area contributed by atoms with Crippen molar-refractivity contribution in [1.82, 2.24) is 0 Å². The number of hydrogen-bond acceptors (Lipinski definition) is 4. The highest BCUT2D eigenvalue weighted by Gasteiger charge is 2.67. The number of rotatable bonds is 6. The molecule has 206 valence electrons.